The molecule has 0 spiro atoms. The van der Waals surface area contributed by atoms with Crippen molar-refractivity contribution in [1.82, 2.24) is 4.98 Å². The minimum atomic E-state index is 0.360. The van der Waals surface area contributed by atoms with Crippen molar-refractivity contribution in [1.29, 1.82) is 0 Å². The summed E-state index contributed by atoms with van der Waals surface area (Å²) in [6.07, 6.45) is 2.40. The highest BCUT2D eigenvalue weighted by Gasteiger charge is 2.10. The van der Waals surface area contributed by atoms with Crippen LogP contribution in [0.4, 0.5) is 0 Å². The molecule has 1 heterocycles. The lowest BCUT2D eigenvalue weighted by molar-refractivity contribution is 0.112. The van der Waals surface area contributed by atoms with Gasteiger partial charge in [-0.3, -0.25) is 9.78 Å². The van der Waals surface area contributed by atoms with Gasteiger partial charge in [-0.2, -0.15) is 0 Å². The third-order valence-electron chi connectivity index (χ3n) is 2.99. The van der Waals surface area contributed by atoms with Gasteiger partial charge in [0.25, 0.3) is 0 Å². The molecule has 0 amide bonds. The molecule has 0 bridgehead atoms. The maximum absolute atomic E-state index is 10.7. The highest BCUT2D eigenvalue weighted by molar-refractivity contribution is 6.35. The number of aldehydes is 1. The SMILES string of the molecule is O=Cc1ccc(Oc2ccc(Cl)c3cccnc23)c(Cl)c1. The first-order valence-electron chi connectivity index (χ1n) is 6.15. The fourth-order valence-corrected chi connectivity index (χ4v) is 2.43. The summed E-state index contributed by atoms with van der Waals surface area (Å²) in [5, 5.41) is 1.77. The number of pyridine rings is 1. The Labute approximate surface area is 131 Å². The molecule has 0 saturated heterocycles. The molecule has 0 radical (unpaired) electrons. The van der Waals surface area contributed by atoms with Crippen LogP contribution < -0.4 is 4.74 Å². The van der Waals surface area contributed by atoms with Crippen molar-refractivity contribution in [3.8, 4) is 11.5 Å². The third-order valence-corrected chi connectivity index (χ3v) is 3.62. The number of halogens is 2. The van der Waals surface area contributed by atoms with E-state index in [1.807, 2.05) is 12.1 Å². The summed E-state index contributed by atoms with van der Waals surface area (Å²) in [6.45, 7) is 0. The number of carbonyl (C=O) groups excluding carboxylic acids is 1. The van der Waals surface area contributed by atoms with Crippen LogP contribution in [0, 0.1) is 0 Å². The van der Waals surface area contributed by atoms with Gasteiger partial charge in [-0.15, -0.1) is 0 Å². The van der Waals surface area contributed by atoms with E-state index < -0.39 is 0 Å². The normalized spacial score (nSPS) is 10.6. The summed E-state index contributed by atoms with van der Waals surface area (Å²) in [5.74, 6) is 1.01. The Kier molecular flexibility index (Phi) is 3.78. The van der Waals surface area contributed by atoms with Gasteiger partial charge in [0.1, 0.15) is 17.6 Å². The standard InChI is InChI=1S/C16H9Cl2NO2/c17-12-4-6-15(16-11(12)2-1-7-19-16)21-14-5-3-10(9-20)8-13(14)18/h1-9H. The van der Waals surface area contributed by atoms with Gasteiger partial charge in [-0.05, 0) is 42.5 Å². The number of nitrogens with zero attached hydrogens (tertiary/aromatic N) is 1. The van der Waals surface area contributed by atoms with Crippen molar-refractivity contribution in [3.05, 3.63) is 64.3 Å². The third kappa shape index (κ3) is 2.71. The van der Waals surface area contributed by atoms with Crippen molar-refractivity contribution in [2.75, 3.05) is 0 Å². The molecule has 0 aliphatic rings. The Hall–Kier alpha value is -2.10. The first-order valence-corrected chi connectivity index (χ1v) is 6.90. The van der Waals surface area contributed by atoms with E-state index in [-0.39, 0.29) is 0 Å². The van der Waals surface area contributed by atoms with Crippen LogP contribution in [0.1, 0.15) is 10.4 Å². The number of hydrogen-bond acceptors (Lipinski definition) is 3. The minimum Gasteiger partial charge on any atom is -0.454 e. The van der Waals surface area contributed by atoms with Crippen LogP contribution in [0.25, 0.3) is 10.9 Å². The number of benzene rings is 2. The lowest BCUT2D eigenvalue weighted by Gasteiger charge is -2.10. The molecule has 21 heavy (non-hydrogen) atoms. The summed E-state index contributed by atoms with van der Waals surface area (Å²) < 4.78 is 5.81. The first-order chi connectivity index (χ1) is 10.2. The summed E-state index contributed by atoms with van der Waals surface area (Å²) in [7, 11) is 0. The minimum absolute atomic E-state index is 0.360. The van der Waals surface area contributed by atoms with E-state index in [0.717, 1.165) is 11.7 Å². The van der Waals surface area contributed by atoms with Crippen LogP contribution >= 0.6 is 23.2 Å². The molecule has 0 atom stereocenters. The highest BCUT2D eigenvalue weighted by atomic mass is 35.5. The number of ether oxygens (including phenoxy) is 1. The predicted molar refractivity (Wildman–Crippen MR) is 83.7 cm³/mol. The smallest absolute Gasteiger partial charge is 0.153 e. The number of hydrogen-bond donors (Lipinski definition) is 0. The van der Waals surface area contributed by atoms with Crippen LogP contribution in [-0.2, 0) is 0 Å². The van der Waals surface area contributed by atoms with Gasteiger partial charge in [0.05, 0.1) is 10.0 Å². The molecule has 0 saturated carbocycles. The number of rotatable bonds is 3. The van der Waals surface area contributed by atoms with E-state index in [0.29, 0.717) is 32.6 Å². The van der Waals surface area contributed by atoms with E-state index in [1.54, 1.807) is 36.5 Å². The highest BCUT2D eigenvalue weighted by Crippen LogP contribution is 2.35. The molecular formula is C16H9Cl2NO2. The molecule has 104 valence electrons. The Bertz CT molecular complexity index is 834. The van der Waals surface area contributed by atoms with E-state index in [9.17, 15) is 4.79 Å². The molecule has 0 aliphatic carbocycles. The summed E-state index contributed by atoms with van der Waals surface area (Å²) in [6, 6.07) is 12.0. The van der Waals surface area contributed by atoms with Crippen molar-refractivity contribution in [2.24, 2.45) is 0 Å². The van der Waals surface area contributed by atoms with E-state index in [2.05, 4.69) is 4.98 Å². The average Bonchev–Trinajstić information content (AvgIpc) is 2.52. The van der Waals surface area contributed by atoms with Gasteiger partial charge in [0.15, 0.2) is 5.75 Å². The van der Waals surface area contributed by atoms with Crippen molar-refractivity contribution in [3.63, 3.8) is 0 Å². The van der Waals surface area contributed by atoms with Crippen LogP contribution in [0.5, 0.6) is 11.5 Å². The second-order valence-electron chi connectivity index (χ2n) is 4.35. The van der Waals surface area contributed by atoms with Gasteiger partial charge in [0, 0.05) is 17.1 Å². The summed E-state index contributed by atoms with van der Waals surface area (Å²) in [4.78, 5) is 15.0. The molecule has 2 aromatic carbocycles. The van der Waals surface area contributed by atoms with Crippen LogP contribution in [0.2, 0.25) is 10.0 Å². The average molecular weight is 318 g/mol. The van der Waals surface area contributed by atoms with Crippen LogP contribution in [-0.4, -0.2) is 11.3 Å². The van der Waals surface area contributed by atoms with Crippen LogP contribution in [0.3, 0.4) is 0 Å². The Morgan fingerprint density at radius 3 is 2.57 bits per heavy atom. The molecule has 0 N–H and O–H groups in total. The topological polar surface area (TPSA) is 39.2 Å². The summed E-state index contributed by atoms with van der Waals surface area (Å²) >= 11 is 12.3. The van der Waals surface area contributed by atoms with Crippen molar-refractivity contribution >= 4 is 40.4 Å². The Morgan fingerprint density at radius 2 is 1.81 bits per heavy atom. The van der Waals surface area contributed by atoms with Gasteiger partial charge in [-0.25, -0.2) is 0 Å². The fourth-order valence-electron chi connectivity index (χ4n) is 1.99. The second-order valence-corrected chi connectivity index (χ2v) is 5.17. The molecule has 5 heteroatoms. The van der Waals surface area contributed by atoms with E-state index >= 15 is 0 Å². The fraction of sp³-hybridized carbons (Fsp3) is 0. The first kappa shape index (κ1) is 13.9. The number of fused-ring (bicyclic) bond motifs is 1. The monoisotopic (exact) mass is 317 g/mol. The lowest BCUT2D eigenvalue weighted by atomic mass is 10.2. The zero-order valence-corrected chi connectivity index (χ0v) is 12.2. The maximum Gasteiger partial charge on any atom is 0.153 e. The number of aromatic nitrogens is 1. The van der Waals surface area contributed by atoms with Gasteiger partial charge < -0.3 is 4.74 Å². The molecule has 1 aromatic heterocycles. The Morgan fingerprint density at radius 1 is 1.00 bits per heavy atom. The van der Waals surface area contributed by atoms with Crippen molar-refractivity contribution in [2.45, 2.75) is 0 Å². The lowest BCUT2D eigenvalue weighted by Crippen LogP contribution is -1.90. The second kappa shape index (κ2) is 5.72. The quantitative estimate of drug-likeness (QED) is 0.627. The molecule has 3 nitrogen and oxygen atoms in total. The summed E-state index contributed by atoms with van der Waals surface area (Å²) in [5.41, 5.74) is 1.15. The molecule has 3 rings (SSSR count). The van der Waals surface area contributed by atoms with Gasteiger partial charge in [-0.1, -0.05) is 23.2 Å². The number of carbonyl (C=O) groups is 1. The van der Waals surface area contributed by atoms with E-state index in [4.69, 9.17) is 27.9 Å². The van der Waals surface area contributed by atoms with Gasteiger partial charge >= 0.3 is 0 Å². The largest absolute Gasteiger partial charge is 0.454 e. The molecular weight excluding hydrogens is 309 g/mol. The molecule has 0 aliphatic heterocycles. The zero-order valence-electron chi connectivity index (χ0n) is 10.7. The van der Waals surface area contributed by atoms with Crippen LogP contribution in [0.15, 0.2) is 48.7 Å². The molecule has 0 fully saturated rings. The maximum atomic E-state index is 10.7. The molecule has 3 aromatic rings. The van der Waals surface area contributed by atoms with Gasteiger partial charge in [0.2, 0.25) is 0 Å². The van der Waals surface area contributed by atoms with Crippen molar-refractivity contribution < 1.29 is 9.53 Å². The predicted octanol–water partition coefficient (Wildman–Crippen LogP) is 5.15. The Balaban J connectivity index is 2.06. The molecule has 0 unspecified atom stereocenters. The van der Waals surface area contributed by atoms with E-state index in [1.165, 1.54) is 0 Å². The zero-order chi connectivity index (χ0) is 14.8.